The lowest BCUT2D eigenvalue weighted by atomic mass is 10.2. The molecule has 1 aliphatic heterocycles. The molecule has 1 fully saturated rings. The number of alkyl halides is 3. The van der Waals surface area contributed by atoms with Crippen molar-refractivity contribution in [2.45, 2.75) is 45.5 Å². The zero-order valence-electron chi connectivity index (χ0n) is 15.5. The van der Waals surface area contributed by atoms with E-state index in [0.29, 0.717) is 30.0 Å². The number of aromatic nitrogens is 4. The van der Waals surface area contributed by atoms with Crippen molar-refractivity contribution < 1.29 is 22.7 Å². The minimum Gasteiger partial charge on any atom is -0.444 e. The molecule has 1 atom stereocenters. The topological polar surface area (TPSA) is 75.9 Å². The molecule has 148 valence electrons. The Balaban J connectivity index is 1.79. The fourth-order valence-electron chi connectivity index (χ4n) is 2.90. The largest absolute Gasteiger partial charge is 0.453 e. The molecule has 0 saturated carbocycles. The van der Waals surface area contributed by atoms with Crippen LogP contribution in [0.4, 0.5) is 23.8 Å². The van der Waals surface area contributed by atoms with Crippen molar-refractivity contribution in [1.29, 1.82) is 0 Å². The van der Waals surface area contributed by atoms with Crippen molar-refractivity contribution >= 4 is 17.6 Å². The molecule has 1 unspecified atom stereocenters. The Labute approximate surface area is 153 Å². The molecule has 1 amide bonds. The third-order valence-corrected chi connectivity index (χ3v) is 4.08. The lowest BCUT2D eigenvalue weighted by molar-refractivity contribution is -0.146. The highest BCUT2D eigenvalue weighted by Gasteiger charge is 2.38. The van der Waals surface area contributed by atoms with Crippen LogP contribution in [0.15, 0.2) is 12.1 Å². The van der Waals surface area contributed by atoms with Gasteiger partial charge in [0.05, 0.1) is 0 Å². The molecule has 2 aromatic rings. The lowest BCUT2D eigenvalue weighted by Crippen LogP contribution is -2.54. The Bertz CT molecular complexity index is 845. The van der Waals surface area contributed by atoms with Gasteiger partial charge in [0, 0.05) is 25.7 Å². The van der Waals surface area contributed by atoms with Crippen LogP contribution < -0.4 is 4.90 Å². The number of carbonyl (C=O) groups is 1. The summed E-state index contributed by atoms with van der Waals surface area (Å²) in [5.41, 5.74) is -0.571. The standard InChI is InChI=1S/C16H21F3N6O2/c1-10-9-23(14(26)27-15(2,3)4)7-8-24(10)12-6-5-11-20-21-13(16(17,18)19)25(11)22-12/h5-6,10H,7-9H2,1-4H3. The minimum atomic E-state index is -4.65. The molecule has 0 aromatic carbocycles. The van der Waals surface area contributed by atoms with Gasteiger partial charge >= 0.3 is 12.3 Å². The Kier molecular flexibility index (Phi) is 4.64. The first-order chi connectivity index (χ1) is 12.5. The van der Waals surface area contributed by atoms with Gasteiger partial charge in [0.25, 0.3) is 5.82 Å². The summed E-state index contributed by atoms with van der Waals surface area (Å²) in [6, 6.07) is 2.89. The molecule has 3 heterocycles. The van der Waals surface area contributed by atoms with Crippen LogP contribution in [0.3, 0.4) is 0 Å². The van der Waals surface area contributed by atoms with E-state index in [-0.39, 0.29) is 11.7 Å². The number of halogens is 3. The zero-order chi connectivity index (χ0) is 20.0. The SMILES string of the molecule is CC1CN(C(=O)OC(C)(C)C)CCN1c1ccc2nnc(C(F)(F)F)n2n1. The van der Waals surface area contributed by atoms with Crippen LogP contribution in [0.2, 0.25) is 0 Å². The molecule has 0 N–H and O–H groups in total. The first-order valence-corrected chi connectivity index (χ1v) is 8.50. The average Bonchev–Trinajstić information content (AvgIpc) is 2.96. The summed E-state index contributed by atoms with van der Waals surface area (Å²) < 4.78 is 45.2. The molecular formula is C16H21F3N6O2. The number of hydrogen-bond donors (Lipinski definition) is 0. The van der Waals surface area contributed by atoms with Crippen LogP contribution in [-0.4, -0.2) is 62.1 Å². The van der Waals surface area contributed by atoms with E-state index in [1.165, 1.54) is 6.07 Å². The Hall–Kier alpha value is -2.59. The van der Waals surface area contributed by atoms with Gasteiger partial charge in [0.2, 0.25) is 0 Å². The van der Waals surface area contributed by atoms with Gasteiger partial charge in [-0.25, -0.2) is 4.79 Å². The maximum Gasteiger partial charge on any atom is 0.453 e. The van der Waals surface area contributed by atoms with E-state index < -0.39 is 23.7 Å². The second-order valence-electron chi connectivity index (χ2n) is 7.45. The molecule has 1 saturated heterocycles. The lowest BCUT2D eigenvalue weighted by Gasteiger charge is -2.40. The molecule has 11 heteroatoms. The maximum atomic E-state index is 13.0. The number of anilines is 1. The molecule has 1 aliphatic rings. The van der Waals surface area contributed by atoms with Crippen LogP contribution in [0, 0.1) is 0 Å². The predicted octanol–water partition coefficient (Wildman–Crippen LogP) is 2.59. The number of ether oxygens (including phenoxy) is 1. The van der Waals surface area contributed by atoms with Crippen LogP contribution in [0.25, 0.3) is 5.65 Å². The van der Waals surface area contributed by atoms with Gasteiger partial charge in [-0.05, 0) is 39.8 Å². The van der Waals surface area contributed by atoms with E-state index in [2.05, 4.69) is 15.3 Å². The zero-order valence-corrected chi connectivity index (χ0v) is 15.5. The molecule has 8 nitrogen and oxygen atoms in total. The molecule has 0 radical (unpaired) electrons. The van der Waals surface area contributed by atoms with Crippen molar-refractivity contribution in [1.82, 2.24) is 24.7 Å². The second-order valence-corrected chi connectivity index (χ2v) is 7.45. The quantitative estimate of drug-likeness (QED) is 0.750. The van der Waals surface area contributed by atoms with E-state index in [1.54, 1.807) is 31.7 Å². The van der Waals surface area contributed by atoms with Crippen LogP contribution in [0.5, 0.6) is 0 Å². The third-order valence-electron chi connectivity index (χ3n) is 4.08. The summed E-state index contributed by atoms with van der Waals surface area (Å²) in [5, 5.41) is 10.7. The van der Waals surface area contributed by atoms with Crippen molar-refractivity contribution in [2.75, 3.05) is 24.5 Å². The molecule has 27 heavy (non-hydrogen) atoms. The first kappa shape index (κ1) is 19.2. The average molecular weight is 386 g/mol. The first-order valence-electron chi connectivity index (χ1n) is 8.50. The van der Waals surface area contributed by atoms with Crippen molar-refractivity contribution in [2.24, 2.45) is 0 Å². The summed E-state index contributed by atoms with van der Waals surface area (Å²) in [7, 11) is 0. The molecule has 2 aromatic heterocycles. The number of amides is 1. The van der Waals surface area contributed by atoms with E-state index >= 15 is 0 Å². The van der Waals surface area contributed by atoms with Crippen molar-refractivity contribution in [3.63, 3.8) is 0 Å². The summed E-state index contributed by atoms with van der Waals surface area (Å²) in [4.78, 5) is 15.7. The van der Waals surface area contributed by atoms with Gasteiger partial charge < -0.3 is 14.5 Å². The van der Waals surface area contributed by atoms with Gasteiger partial charge in [-0.15, -0.1) is 15.3 Å². The minimum absolute atomic E-state index is 0.0196. The molecule has 0 spiro atoms. The van der Waals surface area contributed by atoms with E-state index in [4.69, 9.17) is 4.74 Å². The fourth-order valence-corrected chi connectivity index (χ4v) is 2.90. The third kappa shape index (κ3) is 4.06. The fraction of sp³-hybridized carbons (Fsp3) is 0.625. The highest BCUT2D eigenvalue weighted by Crippen LogP contribution is 2.28. The Morgan fingerprint density at radius 2 is 1.89 bits per heavy atom. The van der Waals surface area contributed by atoms with Crippen LogP contribution in [-0.2, 0) is 10.9 Å². The predicted molar refractivity (Wildman–Crippen MR) is 90.4 cm³/mol. The van der Waals surface area contributed by atoms with Crippen molar-refractivity contribution in [3.05, 3.63) is 18.0 Å². The number of hydrogen-bond acceptors (Lipinski definition) is 6. The van der Waals surface area contributed by atoms with Gasteiger partial charge in [0.15, 0.2) is 5.65 Å². The van der Waals surface area contributed by atoms with Gasteiger partial charge in [-0.1, -0.05) is 0 Å². The summed E-state index contributed by atoms with van der Waals surface area (Å²) in [6.07, 6.45) is -5.05. The Morgan fingerprint density at radius 3 is 2.48 bits per heavy atom. The van der Waals surface area contributed by atoms with E-state index in [0.717, 1.165) is 0 Å². The van der Waals surface area contributed by atoms with Gasteiger partial charge in [-0.2, -0.15) is 17.7 Å². The van der Waals surface area contributed by atoms with E-state index in [1.807, 2.05) is 11.8 Å². The highest BCUT2D eigenvalue weighted by atomic mass is 19.4. The highest BCUT2D eigenvalue weighted by molar-refractivity contribution is 5.68. The van der Waals surface area contributed by atoms with Gasteiger partial charge in [-0.3, -0.25) is 0 Å². The summed E-state index contributed by atoms with van der Waals surface area (Å²) in [5.74, 6) is -0.802. The van der Waals surface area contributed by atoms with E-state index in [9.17, 15) is 18.0 Å². The smallest absolute Gasteiger partial charge is 0.444 e. The summed E-state index contributed by atoms with van der Waals surface area (Å²) >= 11 is 0. The number of nitrogens with zero attached hydrogens (tertiary/aromatic N) is 6. The molecule has 3 rings (SSSR count). The number of piperazine rings is 1. The second kappa shape index (κ2) is 6.54. The number of carbonyl (C=O) groups excluding carboxylic acids is 1. The number of fused-ring (bicyclic) bond motifs is 1. The Morgan fingerprint density at radius 1 is 1.19 bits per heavy atom. The summed E-state index contributed by atoms with van der Waals surface area (Å²) in [6.45, 7) is 8.43. The molecular weight excluding hydrogens is 365 g/mol. The molecule has 0 aliphatic carbocycles. The van der Waals surface area contributed by atoms with Crippen LogP contribution >= 0.6 is 0 Å². The van der Waals surface area contributed by atoms with Crippen molar-refractivity contribution in [3.8, 4) is 0 Å². The maximum absolute atomic E-state index is 13.0. The normalized spacial score (nSPS) is 18.9. The monoisotopic (exact) mass is 386 g/mol. The molecule has 0 bridgehead atoms. The number of rotatable bonds is 1. The van der Waals surface area contributed by atoms with Gasteiger partial charge in [0.1, 0.15) is 11.4 Å². The van der Waals surface area contributed by atoms with Crippen LogP contribution in [0.1, 0.15) is 33.5 Å².